The van der Waals surface area contributed by atoms with Crippen LogP contribution in [0.1, 0.15) is 22.7 Å². The Labute approximate surface area is 197 Å². The third kappa shape index (κ3) is 4.20. The summed E-state index contributed by atoms with van der Waals surface area (Å²) in [6, 6.07) is 11.5. The van der Waals surface area contributed by atoms with Crippen LogP contribution in [-0.4, -0.2) is 58.5 Å². The number of hydrogen-bond donors (Lipinski definition) is 1. The molecule has 1 saturated heterocycles. The highest BCUT2D eigenvalue weighted by Gasteiger charge is 2.46. The monoisotopic (exact) mass is 478 g/mol. The summed E-state index contributed by atoms with van der Waals surface area (Å²) in [4.78, 5) is 35.6. The lowest BCUT2D eigenvalue weighted by Gasteiger charge is -2.25. The van der Waals surface area contributed by atoms with E-state index in [-0.39, 0.29) is 28.3 Å². The molecular formula is C24H22N4O5S. The summed E-state index contributed by atoms with van der Waals surface area (Å²) >= 11 is 0. The van der Waals surface area contributed by atoms with Gasteiger partial charge in [-0.1, -0.05) is 6.07 Å². The maximum atomic E-state index is 13.1. The van der Waals surface area contributed by atoms with Gasteiger partial charge in [0.05, 0.1) is 16.5 Å². The highest BCUT2D eigenvalue weighted by atomic mass is 32.2. The zero-order valence-corrected chi connectivity index (χ0v) is 19.3. The summed E-state index contributed by atoms with van der Waals surface area (Å²) < 4.78 is 25.8. The van der Waals surface area contributed by atoms with E-state index in [9.17, 15) is 23.1 Å². The zero-order valence-electron chi connectivity index (χ0n) is 18.5. The molecule has 1 unspecified atom stereocenters. The summed E-state index contributed by atoms with van der Waals surface area (Å²) in [5, 5.41) is 11.1. The summed E-state index contributed by atoms with van der Waals surface area (Å²) in [5.74, 6) is -1.96. The van der Waals surface area contributed by atoms with Crippen molar-refractivity contribution in [1.82, 2.24) is 19.2 Å². The lowest BCUT2D eigenvalue weighted by atomic mass is 9.96. The van der Waals surface area contributed by atoms with Crippen molar-refractivity contribution in [3.05, 3.63) is 95.6 Å². The number of aliphatic hydroxyl groups excluding tert-OH is 1. The molecule has 4 rings (SSSR count). The van der Waals surface area contributed by atoms with Crippen LogP contribution in [0.3, 0.4) is 0 Å². The highest BCUT2D eigenvalue weighted by molar-refractivity contribution is 7.89. The largest absolute Gasteiger partial charge is 0.507 e. The van der Waals surface area contributed by atoms with Gasteiger partial charge in [-0.25, -0.2) is 12.7 Å². The van der Waals surface area contributed by atoms with Crippen LogP contribution >= 0.6 is 0 Å². The van der Waals surface area contributed by atoms with Crippen LogP contribution in [0.25, 0.3) is 5.76 Å². The first-order chi connectivity index (χ1) is 16.2. The first-order valence-electron chi connectivity index (χ1n) is 10.3. The minimum absolute atomic E-state index is 0.0387. The van der Waals surface area contributed by atoms with Gasteiger partial charge in [-0.05, 0) is 53.6 Å². The van der Waals surface area contributed by atoms with Crippen molar-refractivity contribution in [2.45, 2.75) is 17.5 Å². The van der Waals surface area contributed by atoms with E-state index < -0.39 is 27.8 Å². The zero-order chi connectivity index (χ0) is 24.5. The van der Waals surface area contributed by atoms with Crippen LogP contribution in [0.2, 0.25) is 0 Å². The Morgan fingerprint density at radius 1 is 1.00 bits per heavy atom. The molecule has 1 aromatic carbocycles. The van der Waals surface area contributed by atoms with Crippen molar-refractivity contribution < 1.29 is 23.1 Å². The van der Waals surface area contributed by atoms with Gasteiger partial charge in [0.1, 0.15) is 5.76 Å². The molecule has 2 aromatic heterocycles. The first-order valence-corrected chi connectivity index (χ1v) is 11.8. The molecule has 1 aliphatic rings. The molecule has 1 N–H and O–H groups in total. The number of carbonyl (C=O) groups is 2. The first kappa shape index (κ1) is 23.3. The number of rotatable bonds is 6. The van der Waals surface area contributed by atoms with Crippen molar-refractivity contribution in [3.63, 3.8) is 0 Å². The number of amides is 1. The van der Waals surface area contributed by atoms with Gasteiger partial charge in [0, 0.05) is 51.0 Å². The molecule has 0 bridgehead atoms. The molecule has 0 aliphatic carbocycles. The number of benzene rings is 1. The second-order valence-electron chi connectivity index (χ2n) is 7.88. The van der Waals surface area contributed by atoms with E-state index in [2.05, 4.69) is 9.97 Å². The molecule has 174 valence electrons. The van der Waals surface area contributed by atoms with Crippen molar-refractivity contribution in [2.24, 2.45) is 0 Å². The summed E-state index contributed by atoms with van der Waals surface area (Å²) in [5.41, 5.74) is 1.47. The minimum atomic E-state index is -3.66. The average molecular weight is 479 g/mol. The van der Waals surface area contributed by atoms with Gasteiger partial charge in [-0.3, -0.25) is 19.6 Å². The maximum Gasteiger partial charge on any atom is 0.295 e. The van der Waals surface area contributed by atoms with Crippen LogP contribution in [0, 0.1) is 0 Å². The fourth-order valence-electron chi connectivity index (χ4n) is 3.77. The number of hydrogen-bond acceptors (Lipinski definition) is 7. The van der Waals surface area contributed by atoms with Crippen molar-refractivity contribution in [3.8, 4) is 0 Å². The second-order valence-corrected chi connectivity index (χ2v) is 10.0. The molecule has 9 nitrogen and oxygen atoms in total. The predicted molar refractivity (Wildman–Crippen MR) is 124 cm³/mol. The molecule has 3 aromatic rings. The predicted octanol–water partition coefficient (Wildman–Crippen LogP) is 2.35. The van der Waals surface area contributed by atoms with Gasteiger partial charge in [-0.2, -0.15) is 0 Å². The van der Waals surface area contributed by atoms with E-state index in [1.807, 2.05) is 0 Å². The Morgan fingerprint density at radius 3 is 2.26 bits per heavy atom. The van der Waals surface area contributed by atoms with Gasteiger partial charge >= 0.3 is 0 Å². The number of carbonyl (C=O) groups excluding carboxylic acids is 2. The number of Topliss-reactive ketones (excluding diaryl/α,β-unsaturated/α-hetero) is 1. The van der Waals surface area contributed by atoms with Crippen LogP contribution in [0.5, 0.6) is 0 Å². The molecule has 0 spiro atoms. The van der Waals surface area contributed by atoms with Crippen LogP contribution in [-0.2, 0) is 26.2 Å². The Balaban J connectivity index is 1.81. The number of ketones is 1. The van der Waals surface area contributed by atoms with Crippen molar-refractivity contribution in [1.29, 1.82) is 0 Å². The standard InChI is InChI=1S/C24H22N4O5S/c1-27(2)34(32,33)19-7-5-18(6-8-19)22(29)20-21(17-9-12-25-13-10-17)28(24(31)23(20)30)15-16-4-3-11-26-14-16/h3-14,21,29H,15H2,1-2H3. The third-order valence-electron chi connectivity index (χ3n) is 5.54. The van der Waals surface area contributed by atoms with Crippen LogP contribution < -0.4 is 0 Å². The van der Waals surface area contributed by atoms with Gasteiger partial charge in [0.2, 0.25) is 10.0 Å². The number of aliphatic hydroxyl groups is 1. The molecule has 3 heterocycles. The Bertz CT molecular complexity index is 1360. The summed E-state index contributed by atoms with van der Waals surface area (Å²) in [6.07, 6.45) is 6.30. The van der Waals surface area contributed by atoms with Gasteiger partial charge in [0.15, 0.2) is 0 Å². The average Bonchev–Trinajstić information content (AvgIpc) is 3.09. The maximum absolute atomic E-state index is 13.1. The molecule has 1 atom stereocenters. The number of aromatic nitrogens is 2. The summed E-state index contributed by atoms with van der Waals surface area (Å²) in [6.45, 7) is 0.113. The molecule has 34 heavy (non-hydrogen) atoms. The van der Waals surface area contributed by atoms with Gasteiger partial charge < -0.3 is 10.0 Å². The molecular weight excluding hydrogens is 456 g/mol. The fraction of sp³-hybridized carbons (Fsp3) is 0.167. The number of likely N-dealkylation sites (tertiary alicyclic amines) is 1. The molecule has 10 heteroatoms. The molecule has 1 aliphatic heterocycles. The van der Waals surface area contributed by atoms with Gasteiger partial charge in [0.25, 0.3) is 11.7 Å². The van der Waals surface area contributed by atoms with Gasteiger partial charge in [-0.15, -0.1) is 0 Å². The van der Waals surface area contributed by atoms with E-state index in [1.54, 1.807) is 49.1 Å². The highest BCUT2D eigenvalue weighted by Crippen LogP contribution is 2.40. The normalized spacial score (nSPS) is 18.0. The molecule has 1 fully saturated rings. The van der Waals surface area contributed by atoms with Crippen LogP contribution in [0.15, 0.2) is 83.8 Å². The lowest BCUT2D eigenvalue weighted by Crippen LogP contribution is -2.29. The van der Waals surface area contributed by atoms with E-state index in [4.69, 9.17) is 0 Å². The number of sulfonamides is 1. The smallest absolute Gasteiger partial charge is 0.295 e. The SMILES string of the molecule is CN(C)S(=O)(=O)c1ccc(C(O)=C2C(=O)C(=O)N(Cc3cccnc3)C2c2ccncc2)cc1. The third-order valence-corrected chi connectivity index (χ3v) is 7.37. The molecule has 0 saturated carbocycles. The fourth-order valence-corrected chi connectivity index (χ4v) is 4.68. The lowest BCUT2D eigenvalue weighted by molar-refractivity contribution is -0.140. The van der Waals surface area contributed by atoms with E-state index in [0.29, 0.717) is 5.56 Å². The second kappa shape index (κ2) is 9.16. The quantitative estimate of drug-likeness (QED) is 0.328. The van der Waals surface area contributed by atoms with Crippen molar-refractivity contribution >= 4 is 27.5 Å². The Morgan fingerprint density at radius 2 is 1.68 bits per heavy atom. The van der Waals surface area contributed by atoms with E-state index >= 15 is 0 Å². The van der Waals surface area contributed by atoms with E-state index in [1.165, 1.54) is 43.3 Å². The number of nitrogens with zero attached hydrogens (tertiary/aromatic N) is 4. The van der Waals surface area contributed by atoms with E-state index in [0.717, 1.165) is 9.87 Å². The molecule has 1 amide bonds. The minimum Gasteiger partial charge on any atom is -0.507 e. The Kier molecular flexibility index (Phi) is 6.27. The van der Waals surface area contributed by atoms with Crippen LogP contribution in [0.4, 0.5) is 0 Å². The van der Waals surface area contributed by atoms with Crippen molar-refractivity contribution in [2.75, 3.05) is 14.1 Å². The molecule has 0 radical (unpaired) electrons. The summed E-state index contributed by atoms with van der Waals surface area (Å²) in [7, 11) is -0.825. The topological polar surface area (TPSA) is 121 Å². The number of pyridine rings is 2. The Hall–Kier alpha value is -3.89.